The Morgan fingerprint density at radius 3 is 2.21 bits per heavy atom. The zero-order valence-electron chi connectivity index (χ0n) is 21.9. The molecule has 2 aliphatic rings. The maximum absolute atomic E-state index is 14.6. The molecule has 0 saturated carbocycles. The molecule has 2 amide bonds. The zero-order chi connectivity index (χ0) is 27.7. The number of benzene rings is 2. The van der Waals surface area contributed by atoms with Crippen LogP contribution in [0, 0.1) is 17.2 Å². The van der Waals surface area contributed by atoms with E-state index in [1.807, 2.05) is 13.8 Å². The number of halogens is 4. The Morgan fingerprint density at radius 2 is 1.68 bits per heavy atom. The number of nitrogens with zero attached hydrogens (tertiary/aromatic N) is 1. The van der Waals surface area contributed by atoms with Gasteiger partial charge >= 0.3 is 6.18 Å². The Hall–Kier alpha value is -2.94. The zero-order valence-corrected chi connectivity index (χ0v) is 21.9. The van der Waals surface area contributed by atoms with E-state index >= 15 is 0 Å². The van der Waals surface area contributed by atoms with E-state index < -0.39 is 23.1 Å². The molecule has 9 heteroatoms. The second-order valence-corrected chi connectivity index (χ2v) is 10.9. The van der Waals surface area contributed by atoms with Gasteiger partial charge in [-0.2, -0.15) is 13.2 Å². The standard InChI is InChI=1S/C29H34F4N2O3/c1-19(2)16-20-4-8-22(9-5-20)28(38-3,29(31,32)33)26(37)35-14-12-27(13-15-35)17-25(36)34-18-24(27)21-6-10-23(30)11-7-21/h4-11,19,24H,12-18H2,1-3H3,(H,34,36)/t24-,28-/m0/s1. The second-order valence-electron chi connectivity index (χ2n) is 10.9. The number of ether oxygens (including phenoxy) is 1. The molecular weight excluding hydrogens is 500 g/mol. The van der Waals surface area contributed by atoms with E-state index in [0.717, 1.165) is 18.2 Å². The maximum atomic E-state index is 14.6. The summed E-state index contributed by atoms with van der Waals surface area (Å²) in [6.07, 6.45) is -3.40. The van der Waals surface area contributed by atoms with Crippen LogP contribution in [0.15, 0.2) is 48.5 Å². The van der Waals surface area contributed by atoms with Crippen LogP contribution in [0.1, 0.15) is 55.7 Å². The van der Waals surface area contributed by atoms with Crippen LogP contribution in [-0.2, 0) is 26.3 Å². The van der Waals surface area contributed by atoms with Crippen LogP contribution in [0.25, 0.3) is 0 Å². The topological polar surface area (TPSA) is 58.6 Å². The van der Waals surface area contributed by atoms with Crippen LogP contribution in [0.3, 0.4) is 0 Å². The number of piperidine rings is 2. The highest BCUT2D eigenvalue weighted by atomic mass is 19.4. The van der Waals surface area contributed by atoms with Crippen LogP contribution >= 0.6 is 0 Å². The Labute approximate surface area is 220 Å². The van der Waals surface area contributed by atoms with Crippen molar-refractivity contribution in [3.05, 3.63) is 71.0 Å². The lowest BCUT2D eigenvalue weighted by Gasteiger charge is -2.50. The number of amides is 2. The quantitative estimate of drug-likeness (QED) is 0.509. The normalized spacial score (nSPS) is 21.3. The number of hydrogen-bond donors (Lipinski definition) is 1. The maximum Gasteiger partial charge on any atom is 0.430 e. The molecule has 2 atom stereocenters. The number of methoxy groups -OCH3 is 1. The molecule has 4 rings (SSSR count). The molecule has 0 unspecified atom stereocenters. The SMILES string of the molecule is CO[C@](C(=O)N1CCC2(CC1)CC(=O)NC[C@H]2c1ccc(F)cc1)(c1ccc(CC(C)C)cc1)C(F)(F)F. The minimum atomic E-state index is -4.99. The molecule has 0 bridgehead atoms. The molecule has 5 nitrogen and oxygen atoms in total. The van der Waals surface area contributed by atoms with E-state index in [2.05, 4.69) is 5.32 Å². The van der Waals surface area contributed by atoms with E-state index in [-0.39, 0.29) is 42.7 Å². The number of hydrogen-bond acceptors (Lipinski definition) is 3. The Morgan fingerprint density at radius 1 is 1.08 bits per heavy atom. The summed E-state index contributed by atoms with van der Waals surface area (Å²) in [4.78, 5) is 27.2. The van der Waals surface area contributed by atoms with Crippen molar-refractivity contribution in [2.75, 3.05) is 26.7 Å². The molecule has 2 aliphatic heterocycles. The van der Waals surface area contributed by atoms with E-state index in [0.29, 0.717) is 31.7 Å². The molecule has 2 heterocycles. The van der Waals surface area contributed by atoms with Gasteiger partial charge in [0.15, 0.2) is 0 Å². The van der Waals surface area contributed by atoms with Gasteiger partial charge in [0.2, 0.25) is 5.91 Å². The molecule has 2 saturated heterocycles. The van der Waals surface area contributed by atoms with Crippen LogP contribution in [0.2, 0.25) is 0 Å². The highest BCUT2D eigenvalue weighted by Crippen LogP contribution is 2.50. The lowest BCUT2D eigenvalue weighted by molar-refractivity contribution is -0.271. The first-order chi connectivity index (χ1) is 17.9. The molecule has 2 fully saturated rings. The summed E-state index contributed by atoms with van der Waals surface area (Å²) in [6.45, 7) is 4.50. The van der Waals surface area contributed by atoms with E-state index in [1.165, 1.54) is 29.2 Å². The highest BCUT2D eigenvalue weighted by Gasteiger charge is 2.64. The third kappa shape index (κ3) is 5.17. The van der Waals surface area contributed by atoms with Crippen LogP contribution in [-0.4, -0.2) is 49.6 Å². The van der Waals surface area contributed by atoms with Crippen LogP contribution in [0.4, 0.5) is 17.6 Å². The van der Waals surface area contributed by atoms with Crippen molar-refractivity contribution in [2.24, 2.45) is 11.3 Å². The summed E-state index contributed by atoms with van der Waals surface area (Å²) < 4.78 is 62.5. The van der Waals surface area contributed by atoms with Gasteiger partial charge in [-0.25, -0.2) is 4.39 Å². The van der Waals surface area contributed by atoms with Gasteiger partial charge in [-0.05, 0) is 53.9 Å². The Bertz CT molecular complexity index is 1140. The minimum absolute atomic E-state index is 0.0520. The number of likely N-dealkylation sites (tertiary alicyclic amines) is 1. The van der Waals surface area contributed by atoms with Gasteiger partial charge in [0, 0.05) is 44.6 Å². The van der Waals surface area contributed by atoms with Gasteiger partial charge in [-0.1, -0.05) is 50.2 Å². The van der Waals surface area contributed by atoms with Crippen molar-refractivity contribution in [2.45, 2.75) is 57.2 Å². The smallest absolute Gasteiger partial charge is 0.356 e. The summed E-state index contributed by atoms with van der Waals surface area (Å²) in [5.41, 5.74) is -2.19. The van der Waals surface area contributed by atoms with Crippen molar-refractivity contribution >= 4 is 11.8 Å². The highest BCUT2D eigenvalue weighted by molar-refractivity contribution is 5.88. The Kier molecular flexibility index (Phi) is 7.89. The lowest BCUT2D eigenvalue weighted by Crippen LogP contribution is -2.60. The Balaban J connectivity index is 1.60. The summed E-state index contributed by atoms with van der Waals surface area (Å²) >= 11 is 0. The first-order valence-electron chi connectivity index (χ1n) is 12.9. The van der Waals surface area contributed by atoms with Gasteiger partial charge in [0.1, 0.15) is 5.82 Å². The van der Waals surface area contributed by atoms with Gasteiger partial charge < -0.3 is 15.0 Å². The lowest BCUT2D eigenvalue weighted by atomic mass is 9.62. The third-order valence-corrected chi connectivity index (χ3v) is 8.08. The molecular formula is C29H34F4N2O3. The van der Waals surface area contributed by atoms with Gasteiger partial charge in [-0.3, -0.25) is 9.59 Å². The molecule has 38 heavy (non-hydrogen) atoms. The first kappa shape index (κ1) is 28.1. The fourth-order valence-corrected chi connectivity index (χ4v) is 6.08. The molecule has 0 aliphatic carbocycles. The first-order valence-corrected chi connectivity index (χ1v) is 12.9. The molecule has 206 valence electrons. The van der Waals surface area contributed by atoms with Crippen molar-refractivity contribution in [3.63, 3.8) is 0 Å². The average molecular weight is 535 g/mol. The van der Waals surface area contributed by atoms with Crippen molar-refractivity contribution in [3.8, 4) is 0 Å². The predicted octanol–water partition coefficient (Wildman–Crippen LogP) is 5.34. The van der Waals surface area contributed by atoms with Crippen molar-refractivity contribution in [1.29, 1.82) is 0 Å². The fraction of sp³-hybridized carbons (Fsp3) is 0.517. The van der Waals surface area contributed by atoms with Gasteiger partial charge in [-0.15, -0.1) is 0 Å². The number of rotatable bonds is 6. The third-order valence-electron chi connectivity index (χ3n) is 8.08. The summed E-state index contributed by atoms with van der Waals surface area (Å²) in [7, 11) is 0.912. The van der Waals surface area contributed by atoms with E-state index in [1.54, 1.807) is 24.3 Å². The largest absolute Gasteiger partial charge is 0.430 e. The summed E-state index contributed by atoms with van der Waals surface area (Å²) in [5.74, 6) is -1.47. The number of carbonyl (C=O) groups excluding carboxylic acids is 2. The monoisotopic (exact) mass is 534 g/mol. The van der Waals surface area contributed by atoms with Crippen molar-refractivity contribution in [1.82, 2.24) is 10.2 Å². The minimum Gasteiger partial charge on any atom is -0.356 e. The number of carbonyl (C=O) groups is 2. The molecule has 2 aromatic carbocycles. The predicted molar refractivity (Wildman–Crippen MR) is 135 cm³/mol. The molecule has 2 aromatic rings. The van der Waals surface area contributed by atoms with Crippen molar-refractivity contribution < 1.29 is 31.9 Å². The summed E-state index contributed by atoms with van der Waals surface area (Å²) in [6, 6.07) is 12.0. The van der Waals surface area contributed by atoms with E-state index in [4.69, 9.17) is 4.74 Å². The number of alkyl halides is 3. The van der Waals surface area contributed by atoms with Gasteiger partial charge in [0.25, 0.3) is 11.5 Å². The van der Waals surface area contributed by atoms with E-state index in [9.17, 15) is 27.2 Å². The average Bonchev–Trinajstić information content (AvgIpc) is 2.86. The van der Waals surface area contributed by atoms with Crippen LogP contribution < -0.4 is 5.32 Å². The molecule has 0 aromatic heterocycles. The summed E-state index contributed by atoms with van der Waals surface area (Å²) in [5, 5.41) is 2.86. The fourth-order valence-electron chi connectivity index (χ4n) is 6.08. The second kappa shape index (κ2) is 10.7. The molecule has 1 N–H and O–H groups in total. The van der Waals surface area contributed by atoms with Crippen LogP contribution in [0.5, 0.6) is 0 Å². The molecule has 0 radical (unpaired) electrons. The number of nitrogens with one attached hydrogen (secondary N) is 1. The molecule has 1 spiro atoms. The van der Waals surface area contributed by atoms with Gasteiger partial charge in [0.05, 0.1) is 0 Å².